The molecule has 1 atom stereocenters. The first-order valence-corrected chi connectivity index (χ1v) is 9.60. The molecular weight excluding hydrogens is 377 g/mol. The predicted molar refractivity (Wildman–Crippen MR) is 104 cm³/mol. The van der Waals surface area contributed by atoms with Crippen molar-refractivity contribution in [2.45, 2.75) is 31.5 Å². The maximum atomic E-state index is 13.1. The van der Waals surface area contributed by atoms with Crippen molar-refractivity contribution in [1.82, 2.24) is 19.9 Å². The third-order valence-corrected chi connectivity index (χ3v) is 5.21. The average molecular weight is 398 g/mol. The van der Waals surface area contributed by atoms with Gasteiger partial charge in [0.1, 0.15) is 0 Å². The van der Waals surface area contributed by atoms with Crippen molar-refractivity contribution in [2.75, 3.05) is 13.1 Å². The Morgan fingerprint density at radius 2 is 1.90 bits per heavy atom. The van der Waals surface area contributed by atoms with E-state index in [4.69, 9.17) is 0 Å². The van der Waals surface area contributed by atoms with Crippen LogP contribution in [-0.4, -0.2) is 32.9 Å². The Morgan fingerprint density at radius 1 is 1.03 bits per heavy atom. The number of nitrogens with zero attached hydrogens (tertiary/aromatic N) is 4. The molecule has 0 amide bonds. The molecule has 0 N–H and O–H groups in total. The van der Waals surface area contributed by atoms with E-state index in [-0.39, 0.29) is 5.92 Å². The lowest BCUT2D eigenvalue weighted by Gasteiger charge is -2.33. The molecule has 29 heavy (non-hydrogen) atoms. The minimum absolute atomic E-state index is 0.124. The van der Waals surface area contributed by atoms with Crippen molar-refractivity contribution in [2.24, 2.45) is 0 Å². The van der Waals surface area contributed by atoms with E-state index in [1.807, 2.05) is 18.3 Å². The number of benzene rings is 1. The van der Waals surface area contributed by atoms with Gasteiger partial charge in [-0.25, -0.2) is 0 Å². The number of piperidine rings is 1. The lowest BCUT2D eigenvalue weighted by atomic mass is 9.91. The van der Waals surface area contributed by atoms with Crippen LogP contribution in [0, 0.1) is 0 Å². The summed E-state index contributed by atoms with van der Waals surface area (Å²) >= 11 is 0. The molecule has 1 unspecified atom stereocenters. The van der Waals surface area contributed by atoms with Gasteiger partial charge < -0.3 is 0 Å². The van der Waals surface area contributed by atoms with Gasteiger partial charge in [-0.3, -0.25) is 19.9 Å². The van der Waals surface area contributed by atoms with Crippen molar-refractivity contribution >= 4 is 0 Å². The quantitative estimate of drug-likeness (QED) is 0.625. The lowest BCUT2D eigenvalue weighted by molar-refractivity contribution is -0.137. The Balaban J connectivity index is 1.60. The van der Waals surface area contributed by atoms with Crippen LogP contribution in [0.15, 0.2) is 61.2 Å². The molecule has 0 aliphatic carbocycles. The third-order valence-electron chi connectivity index (χ3n) is 5.21. The van der Waals surface area contributed by atoms with Crippen molar-refractivity contribution in [3.05, 3.63) is 78.0 Å². The summed E-state index contributed by atoms with van der Waals surface area (Å²) in [7, 11) is 0. The van der Waals surface area contributed by atoms with Crippen LogP contribution in [0.4, 0.5) is 13.2 Å². The first-order chi connectivity index (χ1) is 14.0. The summed E-state index contributed by atoms with van der Waals surface area (Å²) in [6.45, 7) is 2.56. The van der Waals surface area contributed by atoms with E-state index in [0.717, 1.165) is 55.9 Å². The summed E-state index contributed by atoms with van der Waals surface area (Å²) in [6, 6.07) is 9.29. The molecule has 150 valence electrons. The minimum Gasteiger partial charge on any atom is -0.298 e. The molecule has 0 spiro atoms. The number of rotatable bonds is 4. The van der Waals surface area contributed by atoms with Gasteiger partial charge in [-0.2, -0.15) is 13.2 Å². The monoisotopic (exact) mass is 398 g/mol. The van der Waals surface area contributed by atoms with Gasteiger partial charge in [0.15, 0.2) is 0 Å². The molecule has 4 rings (SSSR count). The van der Waals surface area contributed by atoms with Crippen molar-refractivity contribution in [3.63, 3.8) is 0 Å². The summed E-state index contributed by atoms with van der Waals surface area (Å²) in [5.74, 6) is 0.124. The molecule has 3 aromatic rings. The normalized spacial score (nSPS) is 18.0. The fourth-order valence-corrected chi connectivity index (χ4v) is 3.88. The van der Waals surface area contributed by atoms with Gasteiger partial charge in [-0.15, -0.1) is 0 Å². The van der Waals surface area contributed by atoms with E-state index in [2.05, 4.69) is 19.9 Å². The van der Waals surface area contributed by atoms with Gasteiger partial charge in [0.25, 0.3) is 0 Å². The molecule has 1 aliphatic heterocycles. The van der Waals surface area contributed by atoms with E-state index in [0.29, 0.717) is 11.3 Å². The number of hydrogen-bond acceptors (Lipinski definition) is 4. The van der Waals surface area contributed by atoms with Crippen molar-refractivity contribution < 1.29 is 13.2 Å². The van der Waals surface area contributed by atoms with Gasteiger partial charge in [0.2, 0.25) is 0 Å². The van der Waals surface area contributed by atoms with E-state index < -0.39 is 11.7 Å². The Bertz CT molecular complexity index is 960. The van der Waals surface area contributed by atoms with Crippen LogP contribution in [0.1, 0.15) is 35.6 Å². The van der Waals surface area contributed by atoms with E-state index in [1.54, 1.807) is 18.5 Å². The van der Waals surface area contributed by atoms with Crippen LogP contribution in [0.3, 0.4) is 0 Å². The van der Waals surface area contributed by atoms with Gasteiger partial charge in [-0.05, 0) is 43.1 Å². The molecule has 7 heteroatoms. The number of alkyl halides is 3. The van der Waals surface area contributed by atoms with Crippen molar-refractivity contribution in [3.8, 4) is 11.3 Å². The van der Waals surface area contributed by atoms with Crippen LogP contribution >= 0.6 is 0 Å². The maximum absolute atomic E-state index is 13.1. The van der Waals surface area contributed by atoms with Crippen molar-refractivity contribution in [1.29, 1.82) is 0 Å². The highest BCUT2D eigenvalue weighted by atomic mass is 19.4. The molecule has 2 aromatic heterocycles. The molecule has 1 aliphatic rings. The van der Waals surface area contributed by atoms with Gasteiger partial charge in [0.05, 0.1) is 17.0 Å². The zero-order chi connectivity index (χ0) is 20.3. The predicted octanol–water partition coefficient (Wildman–Crippen LogP) is 4.94. The van der Waals surface area contributed by atoms with E-state index >= 15 is 0 Å². The first-order valence-electron chi connectivity index (χ1n) is 9.60. The largest absolute Gasteiger partial charge is 0.416 e. The van der Waals surface area contributed by atoms with Crippen LogP contribution in [0.2, 0.25) is 0 Å². The number of aromatic nitrogens is 3. The average Bonchev–Trinajstić information content (AvgIpc) is 2.74. The number of hydrogen-bond donors (Lipinski definition) is 0. The van der Waals surface area contributed by atoms with Gasteiger partial charge in [0, 0.05) is 49.4 Å². The number of likely N-dealkylation sites (tertiary alicyclic amines) is 1. The molecule has 0 bridgehead atoms. The van der Waals surface area contributed by atoms with Gasteiger partial charge in [-0.1, -0.05) is 18.2 Å². The molecule has 0 saturated carbocycles. The Labute approximate surface area is 167 Å². The number of pyridine rings is 1. The Morgan fingerprint density at radius 3 is 2.69 bits per heavy atom. The molecule has 1 fully saturated rings. The zero-order valence-corrected chi connectivity index (χ0v) is 15.8. The molecule has 3 heterocycles. The fraction of sp³-hybridized carbons (Fsp3) is 0.318. The fourth-order valence-electron chi connectivity index (χ4n) is 3.88. The molecule has 1 saturated heterocycles. The van der Waals surface area contributed by atoms with Crippen LogP contribution in [-0.2, 0) is 12.7 Å². The highest BCUT2D eigenvalue weighted by Crippen LogP contribution is 2.35. The van der Waals surface area contributed by atoms with Gasteiger partial charge >= 0.3 is 6.18 Å². The summed E-state index contributed by atoms with van der Waals surface area (Å²) < 4.78 is 39.4. The SMILES string of the molecule is FC(F)(F)c1cccc(-c2nccnc2C2CCCN(Cc3cccnc3)C2)c1. The highest BCUT2D eigenvalue weighted by molar-refractivity contribution is 5.63. The smallest absolute Gasteiger partial charge is 0.298 e. The summed E-state index contributed by atoms with van der Waals surface area (Å²) in [4.78, 5) is 15.4. The zero-order valence-electron chi connectivity index (χ0n) is 15.8. The Kier molecular flexibility index (Phi) is 5.58. The second-order valence-corrected chi connectivity index (χ2v) is 7.30. The molecule has 1 aromatic carbocycles. The number of halogens is 3. The minimum atomic E-state index is -4.39. The second-order valence-electron chi connectivity index (χ2n) is 7.30. The van der Waals surface area contributed by atoms with E-state index in [1.165, 1.54) is 12.3 Å². The molecular formula is C22H21F3N4. The maximum Gasteiger partial charge on any atom is 0.416 e. The standard InChI is InChI=1S/C22H21F3N4/c23-22(24,25)19-7-1-5-17(12-19)20-21(28-10-9-27-20)18-6-3-11-29(15-18)14-16-4-2-8-26-13-16/h1-2,4-5,7-10,12-13,18H,3,6,11,14-15H2. The van der Waals surface area contributed by atoms with E-state index in [9.17, 15) is 13.2 Å². The third kappa shape index (κ3) is 4.62. The van der Waals surface area contributed by atoms with Crippen LogP contribution in [0.25, 0.3) is 11.3 Å². The highest BCUT2D eigenvalue weighted by Gasteiger charge is 2.31. The lowest BCUT2D eigenvalue weighted by Crippen LogP contribution is -2.34. The van der Waals surface area contributed by atoms with Crippen LogP contribution < -0.4 is 0 Å². The first kappa shape index (κ1) is 19.5. The summed E-state index contributed by atoms with van der Waals surface area (Å²) in [5.41, 5.74) is 2.22. The topological polar surface area (TPSA) is 41.9 Å². The summed E-state index contributed by atoms with van der Waals surface area (Å²) in [5, 5.41) is 0. The molecule has 4 nitrogen and oxygen atoms in total. The second kappa shape index (κ2) is 8.29. The van der Waals surface area contributed by atoms with Crippen LogP contribution in [0.5, 0.6) is 0 Å². The summed E-state index contributed by atoms with van der Waals surface area (Å²) in [6.07, 6.45) is 4.33. The molecule has 0 radical (unpaired) electrons. The Hall–Kier alpha value is -2.80.